The van der Waals surface area contributed by atoms with Crippen LogP contribution in [0.15, 0.2) is 62.8 Å². The molecule has 6 heteroatoms. The molecule has 0 amide bonds. The molecule has 0 bridgehead atoms. The third kappa shape index (κ3) is 53.5. The van der Waals surface area contributed by atoms with Crippen molar-refractivity contribution in [3.05, 3.63) is 62.8 Å². The van der Waals surface area contributed by atoms with Crippen molar-refractivity contribution in [1.29, 1.82) is 5.26 Å². The Balaban J connectivity index is -0.000000103. The van der Waals surface area contributed by atoms with E-state index in [9.17, 15) is 9.59 Å². The highest BCUT2D eigenvalue weighted by Gasteiger charge is 1.97. The maximum absolute atomic E-state index is 10.1. The molecule has 122 valence electrons. The average Bonchev–Trinajstić information content (AvgIpc) is 2.47. The number of aliphatic hydroxyl groups excluding tert-OH is 1. The molecule has 1 unspecified atom stereocenters. The van der Waals surface area contributed by atoms with Gasteiger partial charge < -0.3 is 14.9 Å². The number of hydrogen-bond donors (Lipinski definition) is 2. The van der Waals surface area contributed by atoms with E-state index < -0.39 is 18.2 Å². The van der Waals surface area contributed by atoms with Crippen LogP contribution in [0.25, 0.3) is 0 Å². The van der Waals surface area contributed by atoms with Crippen molar-refractivity contribution >= 4 is 11.9 Å². The fraction of sp³-hybridized carbons (Fsp3) is 0.188. The number of nitriles is 1. The first kappa shape index (κ1) is 27.4. The molecule has 0 fully saturated rings. The van der Waals surface area contributed by atoms with Gasteiger partial charge in [-0.1, -0.05) is 45.0 Å². The van der Waals surface area contributed by atoms with Crippen LogP contribution in [0.4, 0.5) is 0 Å². The summed E-state index contributed by atoms with van der Waals surface area (Å²) in [7, 11) is 0. The number of allylic oxidation sites excluding steroid dienone is 3. The lowest BCUT2D eigenvalue weighted by molar-refractivity contribution is -0.158. The van der Waals surface area contributed by atoms with E-state index in [4.69, 9.17) is 15.5 Å². The molecule has 0 saturated carbocycles. The molecule has 0 radical (unpaired) electrons. The van der Waals surface area contributed by atoms with E-state index in [1.165, 1.54) is 19.9 Å². The summed E-state index contributed by atoms with van der Waals surface area (Å²) in [5.74, 6) is -1.55. The Morgan fingerprint density at radius 1 is 1.23 bits per heavy atom. The molecule has 0 rings (SSSR count). The maximum atomic E-state index is 10.1. The standard InChI is InChI=1S/C5H8O3.C4H6O2.C4H6.C3H3N/c1-3-5(7)8-4(2)6;1-3(2)4(5)6;1-3-4-2;1-2-3-4/h3-4,6H,1H2,2H3;1H2,2H3,(H,5,6);3-4H,1-2H2;2H,1H2. The lowest BCUT2D eigenvalue weighted by Crippen LogP contribution is -2.10. The molecular formula is C16H23NO5. The van der Waals surface area contributed by atoms with Crippen LogP contribution < -0.4 is 0 Å². The van der Waals surface area contributed by atoms with Gasteiger partial charge in [-0.2, -0.15) is 5.26 Å². The van der Waals surface area contributed by atoms with Gasteiger partial charge in [0.2, 0.25) is 0 Å². The van der Waals surface area contributed by atoms with Gasteiger partial charge in [0.05, 0.1) is 6.07 Å². The van der Waals surface area contributed by atoms with E-state index in [-0.39, 0.29) is 5.57 Å². The second kappa shape index (κ2) is 23.2. The minimum atomic E-state index is -1.04. The normalized spacial score (nSPS) is 8.09. The summed E-state index contributed by atoms with van der Waals surface area (Å²) in [6.45, 7) is 18.9. The molecule has 0 aromatic heterocycles. The van der Waals surface area contributed by atoms with Gasteiger partial charge in [-0.15, -0.1) is 0 Å². The summed E-state index contributed by atoms with van der Waals surface area (Å²) in [6, 6.07) is 1.69. The second-order valence-electron chi connectivity index (χ2n) is 3.13. The topological polar surface area (TPSA) is 108 Å². The Morgan fingerprint density at radius 3 is 1.59 bits per heavy atom. The highest BCUT2D eigenvalue weighted by atomic mass is 16.6. The van der Waals surface area contributed by atoms with Crippen molar-refractivity contribution in [2.75, 3.05) is 0 Å². The van der Waals surface area contributed by atoms with Crippen molar-refractivity contribution in [2.24, 2.45) is 0 Å². The highest BCUT2D eigenvalue weighted by Crippen LogP contribution is 1.84. The third-order valence-corrected chi connectivity index (χ3v) is 1.08. The molecule has 6 nitrogen and oxygen atoms in total. The second-order valence-corrected chi connectivity index (χ2v) is 3.13. The largest absolute Gasteiger partial charge is 0.478 e. The summed E-state index contributed by atoms with van der Waals surface area (Å²) in [4.78, 5) is 19.7. The lowest BCUT2D eigenvalue weighted by atomic mass is 10.4. The van der Waals surface area contributed by atoms with Gasteiger partial charge in [-0.25, -0.2) is 9.59 Å². The Kier molecular flexibility index (Phi) is 28.9. The van der Waals surface area contributed by atoms with Gasteiger partial charge in [0.25, 0.3) is 0 Å². The average molecular weight is 309 g/mol. The summed E-state index contributed by atoms with van der Waals surface area (Å²) in [5.41, 5.74) is 0.176. The van der Waals surface area contributed by atoms with Gasteiger partial charge >= 0.3 is 11.9 Å². The molecule has 22 heavy (non-hydrogen) atoms. The number of aliphatic carboxylic acids is 1. The van der Waals surface area contributed by atoms with E-state index in [1.807, 2.05) is 0 Å². The Morgan fingerprint density at radius 2 is 1.55 bits per heavy atom. The van der Waals surface area contributed by atoms with E-state index >= 15 is 0 Å². The first-order valence-corrected chi connectivity index (χ1v) is 5.78. The minimum absolute atomic E-state index is 0.176. The summed E-state index contributed by atoms with van der Waals surface area (Å²) >= 11 is 0. The zero-order valence-electron chi connectivity index (χ0n) is 13.0. The zero-order chi connectivity index (χ0) is 18.6. The first-order chi connectivity index (χ1) is 10.1. The van der Waals surface area contributed by atoms with Crippen LogP contribution in [0.5, 0.6) is 0 Å². The molecule has 0 aliphatic heterocycles. The molecule has 0 aliphatic rings. The van der Waals surface area contributed by atoms with Crippen LogP contribution >= 0.6 is 0 Å². The lowest BCUT2D eigenvalue weighted by Gasteiger charge is -2.01. The summed E-state index contributed by atoms with van der Waals surface area (Å²) < 4.78 is 4.20. The number of esters is 1. The molecule has 0 aliphatic carbocycles. The van der Waals surface area contributed by atoms with Crippen molar-refractivity contribution < 1.29 is 24.5 Å². The van der Waals surface area contributed by atoms with Crippen molar-refractivity contribution in [3.8, 4) is 6.07 Å². The molecule has 0 aromatic carbocycles. The van der Waals surface area contributed by atoms with E-state index in [1.54, 1.807) is 18.2 Å². The number of ether oxygens (including phenoxy) is 1. The maximum Gasteiger partial charge on any atom is 0.332 e. The quantitative estimate of drug-likeness (QED) is 0.272. The molecule has 0 saturated heterocycles. The summed E-state index contributed by atoms with van der Waals surface area (Å²) in [6.07, 6.45) is 4.41. The SMILES string of the molecule is C=C(C)C(=O)O.C=CC#N.C=CC(=O)OC(C)O.C=CC=C. The molecule has 0 spiro atoms. The van der Waals surface area contributed by atoms with Gasteiger partial charge in [-0.05, 0) is 13.8 Å². The van der Waals surface area contributed by atoms with Crippen molar-refractivity contribution in [2.45, 2.75) is 20.1 Å². The highest BCUT2D eigenvalue weighted by molar-refractivity contribution is 5.84. The van der Waals surface area contributed by atoms with Crippen LogP contribution in [0.1, 0.15) is 13.8 Å². The predicted molar refractivity (Wildman–Crippen MR) is 86.6 cm³/mol. The van der Waals surface area contributed by atoms with Crippen molar-refractivity contribution in [1.82, 2.24) is 0 Å². The number of rotatable bonds is 4. The van der Waals surface area contributed by atoms with Crippen LogP contribution in [0.3, 0.4) is 0 Å². The van der Waals surface area contributed by atoms with E-state index in [0.29, 0.717) is 0 Å². The van der Waals surface area contributed by atoms with Gasteiger partial charge in [-0.3, -0.25) is 0 Å². The Bertz CT molecular complexity index is 399. The molecule has 0 aromatic rings. The smallest absolute Gasteiger partial charge is 0.332 e. The first-order valence-electron chi connectivity index (χ1n) is 5.78. The fourth-order valence-corrected chi connectivity index (χ4v) is 0.216. The molecule has 1 atom stereocenters. The van der Waals surface area contributed by atoms with E-state index in [2.05, 4.69) is 37.6 Å². The number of aliphatic hydroxyl groups is 1. The number of nitrogens with zero attached hydrogens (tertiary/aromatic N) is 1. The van der Waals surface area contributed by atoms with Crippen molar-refractivity contribution in [3.63, 3.8) is 0 Å². The number of carboxylic acids is 1. The summed E-state index contributed by atoms with van der Waals surface area (Å²) in [5, 5.41) is 23.8. The fourth-order valence-electron chi connectivity index (χ4n) is 0.216. The molecular weight excluding hydrogens is 286 g/mol. The predicted octanol–water partition coefficient (Wildman–Crippen LogP) is 2.76. The Hall–Kier alpha value is -2.91. The van der Waals surface area contributed by atoms with Crippen LogP contribution in [0.2, 0.25) is 0 Å². The van der Waals surface area contributed by atoms with E-state index in [0.717, 1.165) is 6.08 Å². The molecule has 2 N–H and O–H groups in total. The van der Waals surface area contributed by atoms with Gasteiger partial charge in [0.1, 0.15) is 0 Å². The third-order valence-electron chi connectivity index (χ3n) is 1.08. The van der Waals surface area contributed by atoms with Gasteiger partial charge in [0.15, 0.2) is 6.29 Å². The zero-order valence-corrected chi connectivity index (χ0v) is 13.0. The minimum Gasteiger partial charge on any atom is -0.478 e. The number of carbonyl (C=O) groups excluding carboxylic acids is 1. The molecule has 0 heterocycles. The number of carboxylic acid groups (broad SMARTS) is 1. The number of hydrogen-bond acceptors (Lipinski definition) is 5. The van der Waals surface area contributed by atoms with Crippen LogP contribution in [-0.2, 0) is 14.3 Å². The van der Waals surface area contributed by atoms with Crippen LogP contribution in [0, 0.1) is 11.3 Å². The van der Waals surface area contributed by atoms with Gasteiger partial charge in [0, 0.05) is 17.7 Å². The number of carbonyl (C=O) groups is 2. The Labute approximate surface area is 131 Å². The van der Waals surface area contributed by atoms with Crippen LogP contribution in [-0.4, -0.2) is 28.4 Å². The monoisotopic (exact) mass is 309 g/mol.